The summed E-state index contributed by atoms with van der Waals surface area (Å²) in [4.78, 5) is 0. The number of rotatable bonds is 21. The van der Waals surface area contributed by atoms with Gasteiger partial charge in [0.25, 0.3) is 0 Å². The Morgan fingerprint density at radius 1 is 0.395 bits per heavy atom. The van der Waals surface area contributed by atoms with Crippen molar-refractivity contribution in [2.24, 2.45) is 0 Å². The van der Waals surface area contributed by atoms with Crippen LogP contribution < -0.4 is 0 Å². The third kappa shape index (κ3) is 8.53. The van der Waals surface area contributed by atoms with Crippen molar-refractivity contribution in [3.8, 4) is 0 Å². The second-order valence-corrected chi connectivity index (χ2v) is 10.7. The molecule has 0 saturated carbocycles. The van der Waals surface area contributed by atoms with E-state index in [1.165, 1.54) is 0 Å². The van der Waals surface area contributed by atoms with Gasteiger partial charge in [0.05, 0.1) is 5.60 Å². The van der Waals surface area contributed by atoms with Crippen molar-refractivity contribution in [2.45, 2.75) is 151 Å². The number of halogens is 17. The van der Waals surface area contributed by atoms with Gasteiger partial charge in [-0.3, -0.25) is 0 Å². The maximum Gasteiger partial charge on any atom is 0.460 e. The molecule has 0 spiro atoms. The average Bonchev–Trinajstić information content (AvgIpc) is 2.86. The molecular formula is C25H35F17O. The monoisotopic (exact) mass is 674 g/mol. The lowest BCUT2D eigenvalue weighted by Crippen LogP contribution is -2.74. The third-order valence-electron chi connectivity index (χ3n) is 7.01. The molecule has 1 nitrogen and oxygen atoms in total. The van der Waals surface area contributed by atoms with E-state index in [0.29, 0.717) is 25.7 Å². The normalized spacial score (nSPS) is 16.5. The molecule has 0 aromatic rings. The Bertz CT molecular complexity index is 838. The Balaban J connectivity index is 6.14. The van der Waals surface area contributed by atoms with Gasteiger partial charge >= 0.3 is 47.6 Å². The zero-order valence-electron chi connectivity index (χ0n) is 23.5. The molecule has 0 aromatic heterocycles. The molecule has 0 aromatic carbocycles. The number of alkyl halides is 17. The van der Waals surface area contributed by atoms with Crippen molar-refractivity contribution in [1.29, 1.82) is 0 Å². The molecule has 0 radical (unpaired) electrons. The molecule has 0 aliphatic rings. The van der Waals surface area contributed by atoms with Gasteiger partial charge in [-0.2, -0.15) is 74.6 Å². The minimum atomic E-state index is -8.61. The molecule has 0 amide bonds. The van der Waals surface area contributed by atoms with E-state index in [1.807, 2.05) is 6.92 Å². The third-order valence-corrected chi connectivity index (χ3v) is 7.01. The first-order valence-corrected chi connectivity index (χ1v) is 13.4. The molecule has 0 bridgehead atoms. The molecular weight excluding hydrogens is 639 g/mol. The predicted molar refractivity (Wildman–Crippen MR) is 122 cm³/mol. The van der Waals surface area contributed by atoms with Crippen LogP contribution in [-0.2, 0) is 4.74 Å². The van der Waals surface area contributed by atoms with Crippen LogP contribution in [0.15, 0.2) is 0 Å². The average molecular weight is 675 g/mol. The van der Waals surface area contributed by atoms with E-state index in [9.17, 15) is 74.6 Å². The van der Waals surface area contributed by atoms with E-state index in [-0.39, 0.29) is 19.4 Å². The number of ether oxygens (including phenoxy) is 1. The zero-order valence-corrected chi connectivity index (χ0v) is 23.5. The molecule has 260 valence electrons. The first kappa shape index (κ1) is 41.8. The van der Waals surface area contributed by atoms with Gasteiger partial charge in [0.15, 0.2) is 0 Å². The summed E-state index contributed by atoms with van der Waals surface area (Å²) in [7, 11) is 0. The van der Waals surface area contributed by atoms with Crippen LogP contribution in [0.1, 0.15) is 97.8 Å². The summed E-state index contributed by atoms with van der Waals surface area (Å²) in [6.45, 7) is 4.60. The highest BCUT2D eigenvalue weighted by Gasteiger charge is 2.95. The molecule has 0 fully saturated rings. The maximum absolute atomic E-state index is 14.4. The number of unbranched alkanes of at least 4 members (excludes halogenated alkanes) is 7. The molecule has 0 N–H and O–H groups in total. The Morgan fingerprint density at radius 3 is 1.19 bits per heavy atom. The standard InChI is InChI=1S/C25H35F17O/c1-4-6-8-9-10-11-12-13-17(3,43-16-7-5-2)14-15-18(26,27)19(28,29)20(30,31)21(32,33)22(34,35)23(36,37)24(38,39)25(40,41)42/h4-16H2,1-3H3. The molecule has 0 rings (SSSR count). The second-order valence-electron chi connectivity index (χ2n) is 10.7. The molecule has 0 aliphatic heterocycles. The van der Waals surface area contributed by atoms with Gasteiger partial charge < -0.3 is 4.74 Å². The summed E-state index contributed by atoms with van der Waals surface area (Å²) >= 11 is 0. The summed E-state index contributed by atoms with van der Waals surface area (Å²) in [6, 6.07) is 0. The van der Waals surface area contributed by atoms with E-state index in [4.69, 9.17) is 4.74 Å². The fourth-order valence-corrected chi connectivity index (χ4v) is 3.96. The van der Waals surface area contributed by atoms with E-state index < -0.39 is 66.1 Å². The quantitative estimate of drug-likeness (QED) is 0.0870. The lowest BCUT2D eigenvalue weighted by Gasteiger charge is -2.43. The predicted octanol–water partition coefficient (Wildman–Crippen LogP) is 11.5. The summed E-state index contributed by atoms with van der Waals surface area (Å²) in [5.74, 6) is -56.1. The Kier molecular flexibility index (Phi) is 14.1. The molecule has 1 unspecified atom stereocenters. The van der Waals surface area contributed by atoms with Crippen molar-refractivity contribution in [2.75, 3.05) is 6.61 Å². The smallest absolute Gasteiger partial charge is 0.375 e. The van der Waals surface area contributed by atoms with Gasteiger partial charge in [0.2, 0.25) is 0 Å². The van der Waals surface area contributed by atoms with Crippen molar-refractivity contribution in [3.05, 3.63) is 0 Å². The van der Waals surface area contributed by atoms with Crippen molar-refractivity contribution < 1.29 is 79.4 Å². The molecule has 18 heteroatoms. The van der Waals surface area contributed by atoms with Crippen molar-refractivity contribution >= 4 is 0 Å². The fourth-order valence-electron chi connectivity index (χ4n) is 3.96. The minimum absolute atomic E-state index is 0.129. The van der Waals surface area contributed by atoms with Crippen LogP contribution in [0.4, 0.5) is 74.6 Å². The van der Waals surface area contributed by atoms with Crippen LogP contribution >= 0.6 is 0 Å². The first-order valence-electron chi connectivity index (χ1n) is 13.4. The van der Waals surface area contributed by atoms with Gasteiger partial charge in [-0.15, -0.1) is 0 Å². The Morgan fingerprint density at radius 2 is 0.767 bits per heavy atom. The SMILES string of the molecule is CCCCCCCCCC(C)(CCC(F)(F)C(F)(F)C(F)(F)C(F)(F)C(F)(F)C(F)(F)C(F)(F)C(F)(F)F)OCCCC. The van der Waals surface area contributed by atoms with Crippen LogP contribution in [0.25, 0.3) is 0 Å². The van der Waals surface area contributed by atoms with E-state index in [0.717, 1.165) is 32.6 Å². The van der Waals surface area contributed by atoms with Crippen LogP contribution in [0.3, 0.4) is 0 Å². The van der Waals surface area contributed by atoms with Crippen LogP contribution in [0.5, 0.6) is 0 Å². The van der Waals surface area contributed by atoms with E-state index >= 15 is 0 Å². The first-order chi connectivity index (χ1) is 19.1. The van der Waals surface area contributed by atoms with Gasteiger partial charge in [-0.25, -0.2) is 0 Å². The summed E-state index contributed by atoms with van der Waals surface area (Å²) in [6.07, 6.45) is -5.83. The largest absolute Gasteiger partial charge is 0.460 e. The summed E-state index contributed by atoms with van der Waals surface area (Å²) in [5.41, 5.74) is -1.76. The van der Waals surface area contributed by atoms with Gasteiger partial charge in [0.1, 0.15) is 0 Å². The minimum Gasteiger partial charge on any atom is -0.375 e. The number of hydrogen-bond donors (Lipinski definition) is 0. The highest BCUT2D eigenvalue weighted by molar-refractivity contribution is 5.15. The molecule has 1 atom stereocenters. The van der Waals surface area contributed by atoms with Gasteiger partial charge in [0, 0.05) is 13.0 Å². The topological polar surface area (TPSA) is 9.23 Å². The van der Waals surface area contributed by atoms with Gasteiger partial charge in [-0.1, -0.05) is 65.2 Å². The van der Waals surface area contributed by atoms with Crippen LogP contribution in [0, 0.1) is 0 Å². The maximum atomic E-state index is 14.4. The van der Waals surface area contributed by atoms with Crippen LogP contribution in [-0.4, -0.2) is 59.8 Å². The van der Waals surface area contributed by atoms with E-state index in [1.54, 1.807) is 6.92 Å². The molecule has 43 heavy (non-hydrogen) atoms. The van der Waals surface area contributed by atoms with Gasteiger partial charge in [-0.05, 0) is 26.2 Å². The summed E-state index contributed by atoms with van der Waals surface area (Å²) < 4.78 is 235. The zero-order chi connectivity index (χ0) is 34.4. The Hall–Kier alpha value is -1.23. The highest BCUT2D eigenvalue weighted by Crippen LogP contribution is 2.64. The molecule has 0 heterocycles. The Labute approximate surface area is 237 Å². The lowest BCUT2D eigenvalue weighted by atomic mass is 9.85. The highest BCUT2D eigenvalue weighted by atomic mass is 19.4. The van der Waals surface area contributed by atoms with E-state index in [2.05, 4.69) is 0 Å². The number of hydrogen-bond acceptors (Lipinski definition) is 1. The lowest BCUT2D eigenvalue weighted by molar-refractivity contribution is -0.462. The molecule has 0 aliphatic carbocycles. The second kappa shape index (κ2) is 14.5. The van der Waals surface area contributed by atoms with Crippen molar-refractivity contribution in [1.82, 2.24) is 0 Å². The molecule has 0 saturated heterocycles. The fraction of sp³-hybridized carbons (Fsp3) is 1.00. The van der Waals surface area contributed by atoms with Crippen molar-refractivity contribution in [3.63, 3.8) is 0 Å². The summed E-state index contributed by atoms with van der Waals surface area (Å²) in [5, 5.41) is 0. The van der Waals surface area contributed by atoms with Crippen LogP contribution in [0.2, 0.25) is 0 Å².